The molecule has 0 fully saturated rings. The van der Waals surface area contributed by atoms with Crippen molar-refractivity contribution in [2.45, 2.75) is 74.1 Å². The number of hydrogen-bond acceptors (Lipinski definition) is 0. The molecular formula is C15H31Y-. The largest absolute Gasteiger partial charge is 0.337 e. The molecule has 0 aromatic heterocycles. The zero-order valence-electron chi connectivity index (χ0n) is 12.6. The fourth-order valence-corrected chi connectivity index (χ4v) is 2.87. The van der Waals surface area contributed by atoms with Crippen LogP contribution in [0.3, 0.4) is 0 Å². The van der Waals surface area contributed by atoms with E-state index in [9.17, 15) is 0 Å². The van der Waals surface area contributed by atoms with Gasteiger partial charge in [0, 0.05) is 32.7 Å². The Kier molecular flexibility index (Phi) is 8.36. The van der Waals surface area contributed by atoms with Gasteiger partial charge in [0.15, 0.2) is 0 Å². The maximum atomic E-state index is 4.44. The van der Waals surface area contributed by atoms with Gasteiger partial charge in [0.2, 0.25) is 0 Å². The van der Waals surface area contributed by atoms with Crippen molar-refractivity contribution in [1.29, 1.82) is 0 Å². The second-order valence-electron chi connectivity index (χ2n) is 7.24. The molecule has 1 radical (unpaired) electrons. The predicted molar refractivity (Wildman–Crippen MR) is 70.8 cm³/mol. The molecular weight excluding hydrogens is 269 g/mol. The first-order valence-electron chi connectivity index (χ1n) is 6.39. The third-order valence-corrected chi connectivity index (χ3v) is 3.52. The summed E-state index contributed by atoms with van der Waals surface area (Å²) in [5, 5.41) is 0. The van der Waals surface area contributed by atoms with E-state index in [2.05, 4.69) is 55.4 Å². The second kappa shape index (κ2) is 6.88. The molecule has 0 aromatic carbocycles. The Morgan fingerprint density at radius 1 is 0.812 bits per heavy atom. The Balaban J connectivity index is 0. The molecule has 1 heteroatoms. The summed E-state index contributed by atoms with van der Waals surface area (Å²) in [6, 6.07) is 0. The van der Waals surface area contributed by atoms with Gasteiger partial charge < -0.3 is 6.92 Å². The Hall–Kier alpha value is 1.10. The van der Waals surface area contributed by atoms with Crippen molar-refractivity contribution in [3.63, 3.8) is 0 Å². The number of rotatable bonds is 5. The fourth-order valence-electron chi connectivity index (χ4n) is 2.87. The maximum Gasteiger partial charge on any atom is 0 e. The van der Waals surface area contributed by atoms with Crippen LogP contribution in [-0.2, 0) is 32.7 Å². The minimum absolute atomic E-state index is 0. The summed E-state index contributed by atoms with van der Waals surface area (Å²) in [5.41, 5.74) is 1.08. The second-order valence-corrected chi connectivity index (χ2v) is 7.24. The van der Waals surface area contributed by atoms with Crippen molar-refractivity contribution in [3.05, 3.63) is 6.92 Å². The number of hydrogen-bond donors (Lipinski definition) is 0. The summed E-state index contributed by atoms with van der Waals surface area (Å²) in [4.78, 5) is 0. The first-order valence-corrected chi connectivity index (χ1v) is 6.39. The van der Waals surface area contributed by atoms with Crippen LogP contribution in [0.5, 0.6) is 0 Å². The summed E-state index contributed by atoms with van der Waals surface area (Å²) in [7, 11) is 0. The minimum Gasteiger partial charge on any atom is -0.337 e. The average Bonchev–Trinajstić information content (AvgIpc) is 1.98. The third-order valence-electron chi connectivity index (χ3n) is 3.52. The Morgan fingerprint density at radius 3 is 1.44 bits per heavy atom. The van der Waals surface area contributed by atoms with Gasteiger partial charge in [-0.3, -0.25) is 0 Å². The summed E-state index contributed by atoms with van der Waals surface area (Å²) in [5.74, 6) is 0. The molecule has 0 amide bonds. The van der Waals surface area contributed by atoms with Crippen LogP contribution in [0.2, 0.25) is 0 Å². The van der Waals surface area contributed by atoms with Gasteiger partial charge in [-0.25, -0.2) is 0 Å². The van der Waals surface area contributed by atoms with Crippen molar-refractivity contribution in [2.75, 3.05) is 0 Å². The van der Waals surface area contributed by atoms with E-state index in [-0.39, 0.29) is 38.1 Å². The molecule has 95 valence electrons. The standard InChI is InChI=1S/C15H31.Y/c1-9-15(8,10-2)12-14(6,7)11-13(3,4)5;/h6,9-12H2,1-5,7-8H3;/q-1;. The fraction of sp³-hybridized carbons (Fsp3) is 0.933. The molecule has 0 aliphatic rings. The molecule has 1 atom stereocenters. The molecule has 0 aromatic rings. The van der Waals surface area contributed by atoms with Gasteiger partial charge in [-0.1, -0.05) is 74.1 Å². The summed E-state index contributed by atoms with van der Waals surface area (Å²) >= 11 is 0. The van der Waals surface area contributed by atoms with E-state index >= 15 is 0 Å². The van der Waals surface area contributed by atoms with Gasteiger partial charge in [0.05, 0.1) is 0 Å². The van der Waals surface area contributed by atoms with E-state index in [1.165, 1.54) is 25.7 Å². The molecule has 0 spiro atoms. The Morgan fingerprint density at radius 2 is 1.19 bits per heavy atom. The van der Waals surface area contributed by atoms with Crippen molar-refractivity contribution < 1.29 is 32.7 Å². The van der Waals surface area contributed by atoms with E-state index in [0.29, 0.717) is 10.8 Å². The van der Waals surface area contributed by atoms with Gasteiger partial charge in [0.25, 0.3) is 0 Å². The van der Waals surface area contributed by atoms with Gasteiger partial charge in [0.1, 0.15) is 0 Å². The maximum absolute atomic E-state index is 4.44. The first kappa shape index (κ1) is 19.4. The molecule has 0 saturated carbocycles. The van der Waals surface area contributed by atoms with Gasteiger partial charge in [-0.2, -0.15) is 5.41 Å². The van der Waals surface area contributed by atoms with Crippen LogP contribution in [0.1, 0.15) is 74.1 Å². The molecule has 0 aliphatic heterocycles. The zero-order chi connectivity index (χ0) is 12.3. The van der Waals surface area contributed by atoms with Crippen molar-refractivity contribution in [1.82, 2.24) is 0 Å². The van der Waals surface area contributed by atoms with E-state index in [1.54, 1.807) is 0 Å². The molecule has 0 aliphatic carbocycles. The molecule has 0 saturated heterocycles. The predicted octanol–water partition coefficient (Wildman–Crippen LogP) is 5.48. The average molecular weight is 300 g/mol. The molecule has 0 bridgehead atoms. The molecule has 0 N–H and O–H groups in total. The first-order chi connectivity index (χ1) is 6.54. The normalized spacial score (nSPS) is 16.5. The van der Waals surface area contributed by atoms with Crippen LogP contribution in [0, 0.1) is 23.2 Å². The SMILES string of the molecule is [CH2-]C(C)(CC(C)(C)C)CC(C)(CC)CC.[Y]. The van der Waals surface area contributed by atoms with Crippen LogP contribution < -0.4 is 0 Å². The Bertz CT molecular complexity index is 182. The molecule has 0 nitrogen and oxygen atoms in total. The minimum atomic E-state index is 0. The smallest absolute Gasteiger partial charge is 0 e. The summed E-state index contributed by atoms with van der Waals surface area (Å²) in [6.45, 7) is 20.7. The third kappa shape index (κ3) is 8.23. The van der Waals surface area contributed by atoms with Crippen LogP contribution >= 0.6 is 0 Å². The molecule has 0 heterocycles. The van der Waals surface area contributed by atoms with Crippen LogP contribution in [0.15, 0.2) is 0 Å². The van der Waals surface area contributed by atoms with Crippen molar-refractivity contribution in [3.8, 4) is 0 Å². The van der Waals surface area contributed by atoms with E-state index in [4.69, 9.17) is 0 Å². The van der Waals surface area contributed by atoms with Crippen LogP contribution in [-0.4, -0.2) is 0 Å². The van der Waals surface area contributed by atoms with Crippen molar-refractivity contribution in [2.24, 2.45) is 16.2 Å². The van der Waals surface area contributed by atoms with Crippen LogP contribution in [0.4, 0.5) is 0 Å². The zero-order valence-corrected chi connectivity index (χ0v) is 15.5. The molecule has 0 rings (SSSR count). The van der Waals surface area contributed by atoms with E-state index in [0.717, 1.165) is 0 Å². The van der Waals surface area contributed by atoms with Gasteiger partial charge in [-0.15, -0.1) is 0 Å². The summed E-state index contributed by atoms with van der Waals surface area (Å²) < 4.78 is 0. The quantitative estimate of drug-likeness (QED) is 0.590. The van der Waals surface area contributed by atoms with Crippen LogP contribution in [0.25, 0.3) is 0 Å². The topological polar surface area (TPSA) is 0 Å². The summed E-state index contributed by atoms with van der Waals surface area (Å²) in [6.07, 6.45) is 4.97. The Labute approximate surface area is 129 Å². The van der Waals surface area contributed by atoms with Gasteiger partial charge in [-0.05, 0) is 10.8 Å². The van der Waals surface area contributed by atoms with Crippen molar-refractivity contribution >= 4 is 0 Å². The molecule has 1 unspecified atom stereocenters. The molecule has 16 heavy (non-hydrogen) atoms. The van der Waals surface area contributed by atoms with E-state index in [1.807, 2.05) is 0 Å². The van der Waals surface area contributed by atoms with Gasteiger partial charge >= 0.3 is 0 Å². The monoisotopic (exact) mass is 300 g/mol. The van der Waals surface area contributed by atoms with E-state index < -0.39 is 0 Å².